The second-order valence-corrected chi connectivity index (χ2v) is 8.29. The molecular formula is C19H24N4O5S. The van der Waals surface area contributed by atoms with Crippen LogP contribution in [0.25, 0.3) is 0 Å². The van der Waals surface area contributed by atoms with E-state index in [1.165, 1.54) is 24.3 Å². The van der Waals surface area contributed by atoms with E-state index in [1.54, 1.807) is 36.2 Å². The quantitative estimate of drug-likeness (QED) is 0.467. The van der Waals surface area contributed by atoms with Crippen LogP contribution in [0.3, 0.4) is 0 Å². The van der Waals surface area contributed by atoms with Crippen LogP contribution in [0.1, 0.15) is 24.1 Å². The summed E-state index contributed by atoms with van der Waals surface area (Å²) in [4.78, 5) is 24.5. The maximum atomic E-state index is 12.2. The van der Waals surface area contributed by atoms with E-state index in [9.17, 15) is 23.3 Å². The molecule has 2 aromatic carbocycles. The highest BCUT2D eigenvalue weighted by Crippen LogP contribution is 2.22. The second-order valence-electron chi connectivity index (χ2n) is 6.73. The number of benzene rings is 2. The van der Waals surface area contributed by atoms with Gasteiger partial charge in [0.05, 0.1) is 16.4 Å². The van der Waals surface area contributed by atoms with Gasteiger partial charge in [-0.05, 0) is 43.7 Å². The smallest absolute Gasteiger partial charge is 0.269 e. The topological polar surface area (TPSA) is 136 Å². The number of primary sulfonamides is 1. The summed E-state index contributed by atoms with van der Waals surface area (Å²) in [6, 6.07) is 12.3. The van der Waals surface area contributed by atoms with Gasteiger partial charge in [0, 0.05) is 24.7 Å². The Morgan fingerprint density at radius 3 is 2.48 bits per heavy atom. The van der Waals surface area contributed by atoms with Gasteiger partial charge in [-0.15, -0.1) is 0 Å². The summed E-state index contributed by atoms with van der Waals surface area (Å²) in [5, 5.41) is 18.8. The summed E-state index contributed by atoms with van der Waals surface area (Å²) in [6.45, 7) is 2.40. The Bertz CT molecular complexity index is 976. The van der Waals surface area contributed by atoms with Crippen molar-refractivity contribution in [2.45, 2.75) is 24.3 Å². The minimum atomic E-state index is -3.72. The number of non-ortho nitro benzene ring substituents is 1. The zero-order valence-corrected chi connectivity index (χ0v) is 17.1. The number of nitrogens with two attached hydrogens (primary N) is 1. The lowest BCUT2D eigenvalue weighted by atomic mass is 10.1. The first kappa shape index (κ1) is 22.5. The molecule has 9 nitrogen and oxygen atoms in total. The van der Waals surface area contributed by atoms with E-state index >= 15 is 0 Å². The zero-order valence-electron chi connectivity index (χ0n) is 16.2. The van der Waals surface area contributed by atoms with Crippen molar-refractivity contribution in [3.63, 3.8) is 0 Å². The number of hydrogen-bond donors (Lipinski definition) is 2. The van der Waals surface area contributed by atoms with Crippen LogP contribution in [0, 0.1) is 10.1 Å². The van der Waals surface area contributed by atoms with Crippen LogP contribution in [0.2, 0.25) is 0 Å². The first-order valence-corrected chi connectivity index (χ1v) is 10.5. The molecule has 0 fully saturated rings. The summed E-state index contributed by atoms with van der Waals surface area (Å²) < 4.78 is 22.5. The molecule has 3 N–H and O–H groups in total. The summed E-state index contributed by atoms with van der Waals surface area (Å²) in [7, 11) is -1.95. The van der Waals surface area contributed by atoms with Gasteiger partial charge in [-0.2, -0.15) is 0 Å². The standard InChI is InChI=1S/C19H24N4O5S/c1-14(16-4-3-5-17(12-16)23(25)26)22(2)13-19(24)21-11-10-15-6-8-18(9-7-15)29(20,27)28/h3-9,12,14H,10-11,13H2,1-2H3,(H,21,24)(H2,20,27,28). The molecule has 0 bridgehead atoms. The molecule has 10 heteroatoms. The first-order chi connectivity index (χ1) is 13.6. The van der Waals surface area contributed by atoms with Gasteiger partial charge in [0.1, 0.15) is 0 Å². The second kappa shape index (κ2) is 9.59. The van der Waals surface area contributed by atoms with Crippen molar-refractivity contribution in [2.75, 3.05) is 20.1 Å². The van der Waals surface area contributed by atoms with Crippen molar-refractivity contribution < 1.29 is 18.1 Å². The number of carbonyl (C=O) groups is 1. The van der Waals surface area contributed by atoms with Gasteiger partial charge in [-0.1, -0.05) is 24.3 Å². The molecule has 29 heavy (non-hydrogen) atoms. The fourth-order valence-electron chi connectivity index (χ4n) is 2.76. The number of carbonyl (C=O) groups excluding carboxylic acids is 1. The maximum absolute atomic E-state index is 12.2. The fraction of sp³-hybridized carbons (Fsp3) is 0.316. The molecule has 0 heterocycles. The number of nitrogens with zero attached hydrogens (tertiary/aromatic N) is 2. The van der Waals surface area contributed by atoms with E-state index in [0.717, 1.165) is 11.1 Å². The van der Waals surface area contributed by atoms with Crippen LogP contribution in [0.15, 0.2) is 53.4 Å². The van der Waals surface area contributed by atoms with Gasteiger partial charge < -0.3 is 5.32 Å². The molecule has 1 atom stereocenters. The lowest BCUT2D eigenvalue weighted by molar-refractivity contribution is -0.384. The van der Waals surface area contributed by atoms with Gasteiger partial charge in [0.2, 0.25) is 15.9 Å². The van der Waals surface area contributed by atoms with Crippen molar-refractivity contribution >= 4 is 21.6 Å². The molecule has 1 unspecified atom stereocenters. The first-order valence-electron chi connectivity index (χ1n) is 8.91. The fourth-order valence-corrected chi connectivity index (χ4v) is 3.28. The third-order valence-corrected chi connectivity index (χ3v) is 5.53. The maximum Gasteiger partial charge on any atom is 0.269 e. The third-order valence-electron chi connectivity index (χ3n) is 4.61. The Hall–Kier alpha value is -2.82. The van der Waals surface area contributed by atoms with E-state index in [4.69, 9.17) is 5.14 Å². The Kier molecular flexibility index (Phi) is 7.43. The molecule has 2 rings (SSSR count). The Labute approximate surface area is 169 Å². The predicted molar refractivity (Wildman–Crippen MR) is 109 cm³/mol. The molecule has 0 radical (unpaired) electrons. The molecular weight excluding hydrogens is 396 g/mol. The van der Waals surface area contributed by atoms with Crippen molar-refractivity contribution in [2.24, 2.45) is 5.14 Å². The summed E-state index contributed by atoms with van der Waals surface area (Å²) in [5.41, 5.74) is 1.64. The molecule has 2 aromatic rings. The molecule has 0 spiro atoms. The molecule has 0 aromatic heterocycles. The van der Waals surface area contributed by atoms with Gasteiger partial charge in [-0.3, -0.25) is 19.8 Å². The average molecular weight is 420 g/mol. The third kappa shape index (κ3) is 6.63. The van der Waals surface area contributed by atoms with E-state index < -0.39 is 14.9 Å². The SMILES string of the molecule is CC(c1cccc([N+](=O)[O-])c1)N(C)CC(=O)NCCc1ccc(S(N)(=O)=O)cc1. The van der Waals surface area contributed by atoms with E-state index in [1.807, 2.05) is 6.92 Å². The van der Waals surface area contributed by atoms with Crippen LogP contribution in [0.5, 0.6) is 0 Å². The van der Waals surface area contributed by atoms with Crippen molar-refractivity contribution in [1.82, 2.24) is 10.2 Å². The van der Waals surface area contributed by atoms with Crippen LogP contribution >= 0.6 is 0 Å². The minimum Gasteiger partial charge on any atom is -0.355 e. The van der Waals surface area contributed by atoms with E-state index in [2.05, 4.69) is 5.32 Å². The van der Waals surface area contributed by atoms with Gasteiger partial charge >= 0.3 is 0 Å². The largest absolute Gasteiger partial charge is 0.355 e. The minimum absolute atomic E-state index is 0.0145. The number of nitro benzene ring substituents is 1. The predicted octanol–water partition coefficient (Wildman–Crippen LogP) is 1.59. The molecule has 156 valence electrons. The number of nitro groups is 1. The lowest BCUT2D eigenvalue weighted by Gasteiger charge is -2.24. The summed E-state index contributed by atoms with van der Waals surface area (Å²) in [5.74, 6) is -0.175. The molecule has 0 aliphatic heterocycles. The number of hydrogen-bond acceptors (Lipinski definition) is 6. The highest BCUT2D eigenvalue weighted by Gasteiger charge is 2.17. The number of sulfonamides is 1. The van der Waals surface area contributed by atoms with Crippen molar-refractivity contribution in [3.8, 4) is 0 Å². The number of rotatable bonds is 9. The van der Waals surface area contributed by atoms with Crippen molar-refractivity contribution in [1.29, 1.82) is 0 Å². The lowest BCUT2D eigenvalue weighted by Crippen LogP contribution is -2.37. The van der Waals surface area contributed by atoms with Gasteiger partial charge in [0.25, 0.3) is 5.69 Å². The van der Waals surface area contributed by atoms with Crippen LogP contribution in [0.4, 0.5) is 5.69 Å². The average Bonchev–Trinajstić information content (AvgIpc) is 2.67. The number of likely N-dealkylation sites (N-methyl/N-ethyl adjacent to an activating group) is 1. The number of amides is 1. The van der Waals surface area contributed by atoms with E-state index in [-0.39, 0.29) is 29.1 Å². The highest BCUT2D eigenvalue weighted by atomic mass is 32.2. The van der Waals surface area contributed by atoms with Crippen LogP contribution in [-0.4, -0.2) is 44.3 Å². The molecule has 0 saturated carbocycles. The summed E-state index contributed by atoms with van der Waals surface area (Å²) >= 11 is 0. The van der Waals surface area contributed by atoms with Crippen LogP contribution in [-0.2, 0) is 21.2 Å². The van der Waals surface area contributed by atoms with Gasteiger partial charge in [0.15, 0.2) is 0 Å². The normalized spacial score (nSPS) is 12.6. The summed E-state index contributed by atoms with van der Waals surface area (Å²) in [6.07, 6.45) is 0.542. The molecule has 0 saturated heterocycles. The van der Waals surface area contributed by atoms with Crippen LogP contribution < -0.4 is 10.5 Å². The highest BCUT2D eigenvalue weighted by molar-refractivity contribution is 7.89. The zero-order chi connectivity index (χ0) is 21.6. The van der Waals surface area contributed by atoms with Gasteiger partial charge in [-0.25, -0.2) is 13.6 Å². The Morgan fingerprint density at radius 1 is 1.24 bits per heavy atom. The molecule has 0 aliphatic rings. The Morgan fingerprint density at radius 2 is 1.90 bits per heavy atom. The molecule has 1 amide bonds. The van der Waals surface area contributed by atoms with Crippen molar-refractivity contribution in [3.05, 3.63) is 69.8 Å². The molecule has 0 aliphatic carbocycles. The number of nitrogens with one attached hydrogen (secondary N) is 1. The Balaban J connectivity index is 1.84. The monoisotopic (exact) mass is 420 g/mol. The van der Waals surface area contributed by atoms with E-state index in [0.29, 0.717) is 13.0 Å².